The minimum atomic E-state index is -2.34. The predicted octanol–water partition coefficient (Wildman–Crippen LogP) is 13.4. The topological polar surface area (TPSA) is 116 Å². The van der Waals surface area contributed by atoms with E-state index in [1.165, 1.54) is 22.1 Å². The molecular weight excluding hydrogens is 1040 g/mol. The van der Waals surface area contributed by atoms with Crippen LogP contribution in [-0.2, 0) is 35.3 Å². The van der Waals surface area contributed by atoms with Gasteiger partial charge in [0.25, 0.3) is 0 Å². The standard InChI is InChI=1S/C28H25N3OS.C19H21N3S.C15H5F5O2/c1-31(27(32)15-11-21-6-3-2-4-7-21)24-9-5-8-22(20-24)10-13-25(33)14-12-23-16-18-29-28-26(23)17-19-30-28;1-20-16-4-2-3-14(13-16)5-7-17(23)8-6-15-9-11-21-19-18(15)10-12-22-19;16-10-11(17)13(19)15(14(20)12(10)18)22-9(21)7-6-8-4-2-1-3-5-8/h2-9,16-20H,10,12-14H2,1H3,(H,29,30);2-4,9-13,20H,5-8H2,1H3,(H,21,22);1-5H. The maximum Gasteiger partial charge on any atom is 0.390 e. The van der Waals surface area contributed by atoms with E-state index in [9.17, 15) is 31.5 Å². The summed E-state index contributed by atoms with van der Waals surface area (Å²) >= 11 is 11.2. The molecule has 9 rings (SSSR count). The van der Waals surface area contributed by atoms with E-state index in [1.807, 2.05) is 86.3 Å². The number of pyridine rings is 2. The number of thiocarbonyl (C=S) groups is 2. The number of aryl methyl sites for hydroxylation is 4. The van der Waals surface area contributed by atoms with Crippen LogP contribution >= 0.6 is 24.4 Å². The Bertz CT molecular complexity index is 3670. The molecule has 3 N–H and O–H groups in total. The number of ether oxygens (including phenoxy) is 1. The number of amides is 1. The zero-order valence-electron chi connectivity index (χ0n) is 42.4. The lowest BCUT2D eigenvalue weighted by Crippen LogP contribution is -2.24. The molecule has 0 radical (unpaired) electrons. The maximum atomic E-state index is 13.3. The summed E-state index contributed by atoms with van der Waals surface area (Å²) in [4.78, 5) is 42.6. The fourth-order valence-electron chi connectivity index (χ4n) is 7.93. The Labute approximate surface area is 459 Å². The van der Waals surface area contributed by atoms with Crippen molar-refractivity contribution in [3.8, 4) is 29.4 Å². The lowest BCUT2D eigenvalue weighted by molar-refractivity contribution is -0.128. The normalized spacial score (nSPS) is 10.4. The number of halogens is 5. The summed E-state index contributed by atoms with van der Waals surface area (Å²) in [6.45, 7) is 0. The first-order chi connectivity index (χ1) is 37.8. The summed E-state index contributed by atoms with van der Waals surface area (Å²) in [7, 11) is 3.70. The van der Waals surface area contributed by atoms with Crippen LogP contribution < -0.4 is 15.0 Å². The molecule has 0 aliphatic rings. The van der Waals surface area contributed by atoms with Crippen LogP contribution in [0.4, 0.5) is 33.3 Å². The van der Waals surface area contributed by atoms with E-state index < -0.39 is 40.8 Å². The second-order valence-corrected chi connectivity index (χ2v) is 18.7. The van der Waals surface area contributed by atoms with Crippen molar-refractivity contribution in [1.29, 1.82) is 0 Å². The zero-order valence-corrected chi connectivity index (χ0v) is 44.1. The quantitative estimate of drug-likeness (QED) is 0.0177. The zero-order chi connectivity index (χ0) is 55.4. The van der Waals surface area contributed by atoms with Crippen molar-refractivity contribution in [2.75, 3.05) is 24.3 Å². The number of nitrogens with one attached hydrogen (secondary N) is 3. The number of hydrogen-bond donors (Lipinski definition) is 3. The van der Waals surface area contributed by atoms with Gasteiger partial charge in [0.1, 0.15) is 11.3 Å². The molecule has 0 unspecified atom stereocenters. The van der Waals surface area contributed by atoms with Crippen molar-refractivity contribution < 1.29 is 36.3 Å². The van der Waals surface area contributed by atoms with Gasteiger partial charge in [0.05, 0.1) is 0 Å². The Morgan fingerprint density at radius 1 is 0.577 bits per heavy atom. The number of carbonyl (C=O) groups is 2. The highest BCUT2D eigenvalue weighted by Gasteiger charge is 2.28. The average Bonchev–Trinajstić information content (AvgIpc) is 4.19. The number of rotatable bonds is 15. The SMILES string of the molecule is CN(C(=O)C#Cc1ccccc1)c1cccc(CCC(=S)CCc2ccnc3[nH]ccc23)c1.CNc1cccc(CCC(=S)CCc2ccnc3[nH]ccc23)c1.O=C(C#Cc1ccccc1)Oc1c(F)c(F)c(F)c(F)c1F. The van der Waals surface area contributed by atoms with Crippen molar-refractivity contribution in [3.05, 3.63) is 221 Å². The summed E-state index contributed by atoms with van der Waals surface area (Å²) in [6, 6.07) is 42.4. The summed E-state index contributed by atoms with van der Waals surface area (Å²) in [5.74, 6) is -4.82. The minimum Gasteiger partial charge on any atom is -0.410 e. The highest BCUT2D eigenvalue weighted by Crippen LogP contribution is 2.29. The van der Waals surface area contributed by atoms with Gasteiger partial charge < -0.3 is 24.9 Å². The van der Waals surface area contributed by atoms with E-state index in [2.05, 4.69) is 102 Å². The van der Waals surface area contributed by atoms with Crippen molar-refractivity contribution in [2.45, 2.75) is 51.4 Å². The first-order valence-corrected chi connectivity index (χ1v) is 25.5. The molecular formula is C62H51F5N6O3S2. The van der Waals surface area contributed by atoms with Gasteiger partial charge in [0, 0.05) is 84.0 Å². The molecule has 16 heteroatoms. The third kappa shape index (κ3) is 16.1. The van der Waals surface area contributed by atoms with E-state index >= 15 is 0 Å². The molecule has 4 heterocycles. The molecule has 5 aromatic carbocycles. The molecule has 0 fully saturated rings. The Morgan fingerprint density at radius 2 is 1.05 bits per heavy atom. The minimum absolute atomic E-state index is 0.236. The number of fused-ring (bicyclic) bond motifs is 2. The number of esters is 1. The molecule has 0 spiro atoms. The maximum absolute atomic E-state index is 13.3. The van der Waals surface area contributed by atoms with Crippen LogP contribution in [0.15, 0.2) is 158 Å². The van der Waals surface area contributed by atoms with Crippen LogP contribution in [-0.4, -0.2) is 55.6 Å². The lowest BCUT2D eigenvalue weighted by Gasteiger charge is -2.15. The molecule has 0 bridgehead atoms. The van der Waals surface area contributed by atoms with E-state index in [4.69, 9.17) is 24.4 Å². The van der Waals surface area contributed by atoms with E-state index in [0.29, 0.717) is 5.56 Å². The number of aromatic amines is 2. The average molecular weight is 1090 g/mol. The third-order valence-corrected chi connectivity index (χ3v) is 13.0. The molecule has 0 atom stereocenters. The first-order valence-electron chi connectivity index (χ1n) is 24.6. The fraction of sp³-hybridized carbons (Fsp3) is 0.161. The van der Waals surface area contributed by atoms with E-state index in [0.717, 1.165) is 100 Å². The lowest BCUT2D eigenvalue weighted by atomic mass is 10.0. The number of H-pyrrole nitrogens is 2. The van der Waals surface area contributed by atoms with Crippen LogP contribution in [0.1, 0.15) is 59.1 Å². The Kier molecular flexibility index (Phi) is 20.7. The number of benzene rings is 5. The molecule has 9 aromatic rings. The summed E-state index contributed by atoms with van der Waals surface area (Å²) in [6.07, 6.45) is 14.9. The van der Waals surface area contributed by atoms with Gasteiger partial charge in [-0.2, -0.15) is 8.78 Å². The number of hydrogen-bond acceptors (Lipinski definition) is 8. The number of anilines is 2. The van der Waals surface area contributed by atoms with Gasteiger partial charge in [-0.25, -0.2) is 27.9 Å². The second-order valence-electron chi connectivity index (χ2n) is 17.5. The van der Waals surface area contributed by atoms with Crippen LogP contribution in [0.25, 0.3) is 22.1 Å². The van der Waals surface area contributed by atoms with Crippen LogP contribution in [0.5, 0.6) is 5.75 Å². The first kappa shape index (κ1) is 56.9. The third-order valence-electron chi connectivity index (χ3n) is 12.2. The van der Waals surface area contributed by atoms with Gasteiger partial charge in [0.2, 0.25) is 34.8 Å². The molecule has 78 heavy (non-hydrogen) atoms. The van der Waals surface area contributed by atoms with Gasteiger partial charge >= 0.3 is 11.9 Å². The molecule has 0 aliphatic heterocycles. The highest BCUT2D eigenvalue weighted by molar-refractivity contribution is 7.80. The monoisotopic (exact) mass is 1090 g/mol. The van der Waals surface area contributed by atoms with Gasteiger partial charge in [-0.05, 0) is 156 Å². The Balaban J connectivity index is 0.000000175. The van der Waals surface area contributed by atoms with Crippen LogP contribution in [0.2, 0.25) is 0 Å². The summed E-state index contributed by atoms with van der Waals surface area (Å²) in [5.41, 5.74) is 10.1. The molecule has 0 saturated heterocycles. The summed E-state index contributed by atoms with van der Waals surface area (Å²) < 4.78 is 69.3. The number of nitrogens with zero attached hydrogens (tertiary/aromatic N) is 3. The number of carbonyl (C=O) groups excluding carboxylic acids is 2. The smallest absolute Gasteiger partial charge is 0.390 e. The largest absolute Gasteiger partial charge is 0.410 e. The van der Waals surface area contributed by atoms with Gasteiger partial charge in [-0.3, -0.25) is 4.79 Å². The highest BCUT2D eigenvalue weighted by atomic mass is 32.1. The van der Waals surface area contributed by atoms with Crippen LogP contribution in [0, 0.1) is 52.8 Å². The number of aromatic nitrogens is 4. The fourth-order valence-corrected chi connectivity index (χ4v) is 8.33. The second kappa shape index (κ2) is 28.3. The van der Waals surface area contributed by atoms with Crippen molar-refractivity contribution in [1.82, 2.24) is 19.9 Å². The molecule has 0 saturated carbocycles. The van der Waals surface area contributed by atoms with E-state index in [-0.39, 0.29) is 5.91 Å². The molecule has 9 nitrogen and oxygen atoms in total. The molecule has 1 amide bonds. The summed E-state index contributed by atoms with van der Waals surface area (Å²) in [5, 5.41) is 5.54. The van der Waals surface area contributed by atoms with E-state index in [1.54, 1.807) is 42.3 Å². The Morgan fingerprint density at radius 3 is 1.58 bits per heavy atom. The molecule has 0 aliphatic carbocycles. The van der Waals surface area contributed by atoms with Gasteiger partial charge in [-0.1, -0.05) is 96.9 Å². The molecule has 4 aromatic heterocycles. The Hall–Kier alpha value is -8.83. The van der Waals surface area contributed by atoms with Crippen molar-refractivity contribution >= 4 is 79.5 Å². The van der Waals surface area contributed by atoms with Crippen LogP contribution in [0.3, 0.4) is 0 Å². The van der Waals surface area contributed by atoms with Gasteiger partial charge in [-0.15, -0.1) is 0 Å². The predicted molar refractivity (Wildman–Crippen MR) is 305 cm³/mol. The van der Waals surface area contributed by atoms with Gasteiger partial charge in [0.15, 0.2) is 0 Å². The molecule has 394 valence electrons. The van der Waals surface area contributed by atoms with Crippen molar-refractivity contribution in [2.24, 2.45) is 0 Å². The van der Waals surface area contributed by atoms with Crippen molar-refractivity contribution in [3.63, 3.8) is 0 Å².